The molecule has 6 heteroatoms. The summed E-state index contributed by atoms with van der Waals surface area (Å²) in [5.74, 6) is 0.106. The van der Waals surface area contributed by atoms with E-state index in [2.05, 4.69) is 4.98 Å². The van der Waals surface area contributed by atoms with Crippen LogP contribution >= 0.6 is 0 Å². The van der Waals surface area contributed by atoms with Gasteiger partial charge in [-0.2, -0.15) is 10.5 Å². The number of nitrogens with two attached hydrogens (primary N) is 1. The Balaban J connectivity index is 3.27. The van der Waals surface area contributed by atoms with Gasteiger partial charge in [-0.05, 0) is 0 Å². The van der Waals surface area contributed by atoms with Crippen molar-refractivity contribution in [2.75, 3.05) is 12.8 Å². The molecule has 0 aliphatic carbocycles. The maximum Gasteiger partial charge on any atom is 0.204 e. The van der Waals surface area contributed by atoms with Gasteiger partial charge in [0.2, 0.25) is 5.95 Å². The molecule has 1 aromatic rings. The van der Waals surface area contributed by atoms with Gasteiger partial charge in [0, 0.05) is 7.11 Å². The summed E-state index contributed by atoms with van der Waals surface area (Å²) in [4.78, 5) is 3.70. The molecular formula is C7H7N5O. The number of ether oxygens (including phenoxy) is 1. The molecule has 0 fully saturated rings. The van der Waals surface area contributed by atoms with Crippen LogP contribution in [0.2, 0.25) is 0 Å². The summed E-state index contributed by atoms with van der Waals surface area (Å²) in [7, 11) is 1.46. The number of nitrogen functional groups attached to an aromatic ring is 1. The fourth-order valence-electron chi connectivity index (χ4n) is 0.921. The van der Waals surface area contributed by atoms with Crippen molar-refractivity contribution in [1.82, 2.24) is 9.55 Å². The summed E-state index contributed by atoms with van der Waals surface area (Å²) in [5.41, 5.74) is 5.60. The first-order valence-corrected chi connectivity index (χ1v) is 3.39. The molecule has 0 saturated carbocycles. The van der Waals surface area contributed by atoms with Gasteiger partial charge in [0.25, 0.3) is 0 Å². The molecule has 1 aromatic heterocycles. The Morgan fingerprint density at radius 1 is 1.54 bits per heavy atom. The summed E-state index contributed by atoms with van der Waals surface area (Å²) >= 11 is 0. The van der Waals surface area contributed by atoms with Gasteiger partial charge in [-0.25, -0.2) is 4.98 Å². The monoisotopic (exact) mass is 177 g/mol. The van der Waals surface area contributed by atoms with Crippen LogP contribution in [0.5, 0.6) is 0 Å². The standard InChI is InChI=1S/C7H7N5O/c1-13-4-12-6(3-9)5(2-8)11-7(12)10/h4H2,1H3,(H2,10,11). The van der Waals surface area contributed by atoms with E-state index in [-0.39, 0.29) is 24.1 Å². The van der Waals surface area contributed by atoms with Gasteiger partial charge in [0.05, 0.1) is 0 Å². The number of methoxy groups -OCH3 is 1. The smallest absolute Gasteiger partial charge is 0.204 e. The van der Waals surface area contributed by atoms with E-state index in [1.54, 1.807) is 6.07 Å². The van der Waals surface area contributed by atoms with Gasteiger partial charge < -0.3 is 10.5 Å². The highest BCUT2D eigenvalue weighted by atomic mass is 16.5. The zero-order valence-corrected chi connectivity index (χ0v) is 6.98. The van der Waals surface area contributed by atoms with Crippen molar-refractivity contribution in [3.63, 3.8) is 0 Å². The number of anilines is 1. The SMILES string of the molecule is COCn1c(N)nc(C#N)c1C#N. The Morgan fingerprint density at radius 2 is 2.23 bits per heavy atom. The van der Waals surface area contributed by atoms with Gasteiger partial charge in [-0.15, -0.1) is 0 Å². The summed E-state index contributed by atoms with van der Waals surface area (Å²) in [6.07, 6.45) is 0. The average molecular weight is 177 g/mol. The van der Waals surface area contributed by atoms with Crippen LogP contribution in [0, 0.1) is 22.7 Å². The zero-order chi connectivity index (χ0) is 9.84. The zero-order valence-electron chi connectivity index (χ0n) is 6.98. The number of hydrogen-bond acceptors (Lipinski definition) is 5. The van der Waals surface area contributed by atoms with Gasteiger partial charge in [0.15, 0.2) is 11.4 Å². The predicted molar refractivity (Wildman–Crippen MR) is 43.1 cm³/mol. The van der Waals surface area contributed by atoms with Crippen molar-refractivity contribution in [3.8, 4) is 12.1 Å². The molecule has 0 spiro atoms. The fraction of sp³-hybridized carbons (Fsp3) is 0.286. The maximum absolute atomic E-state index is 8.70. The molecule has 0 bridgehead atoms. The molecule has 6 nitrogen and oxygen atoms in total. The summed E-state index contributed by atoms with van der Waals surface area (Å²) in [6.45, 7) is 0.114. The molecule has 13 heavy (non-hydrogen) atoms. The molecule has 0 aromatic carbocycles. The lowest BCUT2D eigenvalue weighted by Gasteiger charge is -2.02. The molecule has 66 valence electrons. The topological polar surface area (TPSA) is 101 Å². The normalized spacial score (nSPS) is 9.15. The van der Waals surface area contributed by atoms with Crippen molar-refractivity contribution in [2.45, 2.75) is 6.73 Å². The summed E-state index contributed by atoms with van der Waals surface area (Å²) in [5, 5.41) is 17.3. The summed E-state index contributed by atoms with van der Waals surface area (Å²) < 4.78 is 6.12. The van der Waals surface area contributed by atoms with Crippen molar-refractivity contribution in [2.24, 2.45) is 0 Å². The number of rotatable bonds is 2. The first-order chi connectivity index (χ1) is 6.24. The van der Waals surface area contributed by atoms with E-state index >= 15 is 0 Å². The lowest BCUT2D eigenvalue weighted by molar-refractivity contribution is 0.132. The minimum atomic E-state index is 0.0250. The van der Waals surface area contributed by atoms with Gasteiger partial charge >= 0.3 is 0 Å². The lowest BCUT2D eigenvalue weighted by atomic mass is 10.4. The number of nitriles is 2. The molecule has 0 radical (unpaired) electrons. The van der Waals surface area contributed by atoms with Crippen LogP contribution in [0.15, 0.2) is 0 Å². The van der Waals surface area contributed by atoms with Crippen molar-refractivity contribution >= 4 is 5.95 Å². The minimum absolute atomic E-state index is 0.0250. The third-order valence-corrected chi connectivity index (χ3v) is 1.47. The van der Waals surface area contributed by atoms with Crippen LogP contribution in [-0.4, -0.2) is 16.7 Å². The highest BCUT2D eigenvalue weighted by Gasteiger charge is 2.13. The maximum atomic E-state index is 8.70. The lowest BCUT2D eigenvalue weighted by Crippen LogP contribution is -2.06. The molecule has 0 aliphatic rings. The molecular weight excluding hydrogens is 170 g/mol. The van der Waals surface area contributed by atoms with Crippen LogP contribution in [-0.2, 0) is 11.5 Å². The number of hydrogen-bond donors (Lipinski definition) is 1. The van der Waals surface area contributed by atoms with Gasteiger partial charge in [0.1, 0.15) is 18.9 Å². The van der Waals surface area contributed by atoms with Crippen LogP contribution < -0.4 is 5.73 Å². The Hall–Kier alpha value is -2.05. The van der Waals surface area contributed by atoms with E-state index in [9.17, 15) is 0 Å². The second-order valence-electron chi connectivity index (χ2n) is 2.24. The van der Waals surface area contributed by atoms with E-state index in [4.69, 9.17) is 21.0 Å². The van der Waals surface area contributed by atoms with Gasteiger partial charge in [-0.1, -0.05) is 0 Å². The first kappa shape index (κ1) is 9.04. The van der Waals surface area contributed by atoms with Crippen molar-refractivity contribution in [3.05, 3.63) is 11.4 Å². The van der Waals surface area contributed by atoms with Gasteiger partial charge in [-0.3, -0.25) is 4.57 Å². The van der Waals surface area contributed by atoms with Crippen LogP contribution in [0.1, 0.15) is 11.4 Å². The first-order valence-electron chi connectivity index (χ1n) is 3.39. The Morgan fingerprint density at radius 3 is 2.69 bits per heavy atom. The molecule has 0 aliphatic heterocycles. The van der Waals surface area contributed by atoms with Crippen LogP contribution in [0.3, 0.4) is 0 Å². The van der Waals surface area contributed by atoms with Crippen LogP contribution in [0.25, 0.3) is 0 Å². The third-order valence-electron chi connectivity index (χ3n) is 1.47. The second kappa shape index (κ2) is 3.57. The predicted octanol–water partition coefficient (Wildman–Crippen LogP) is -0.187. The van der Waals surface area contributed by atoms with E-state index < -0.39 is 0 Å². The molecule has 0 atom stereocenters. The number of nitrogens with zero attached hydrogens (tertiary/aromatic N) is 4. The minimum Gasteiger partial charge on any atom is -0.369 e. The van der Waals surface area contributed by atoms with Crippen molar-refractivity contribution < 1.29 is 4.74 Å². The molecule has 0 amide bonds. The van der Waals surface area contributed by atoms with E-state index in [0.29, 0.717) is 0 Å². The highest BCUT2D eigenvalue weighted by molar-refractivity contribution is 5.43. The molecule has 1 heterocycles. The molecule has 0 unspecified atom stereocenters. The quantitative estimate of drug-likeness (QED) is 0.674. The molecule has 2 N–H and O–H groups in total. The Labute approximate surface area is 74.8 Å². The summed E-state index contributed by atoms with van der Waals surface area (Å²) in [6, 6.07) is 3.61. The Bertz CT molecular complexity index is 394. The number of imidazole rings is 1. The largest absolute Gasteiger partial charge is 0.369 e. The highest BCUT2D eigenvalue weighted by Crippen LogP contribution is 2.11. The Kier molecular flexibility index (Phi) is 2.48. The van der Waals surface area contributed by atoms with E-state index in [1.807, 2.05) is 6.07 Å². The van der Waals surface area contributed by atoms with E-state index in [0.717, 1.165) is 0 Å². The second-order valence-corrected chi connectivity index (χ2v) is 2.24. The van der Waals surface area contributed by atoms with E-state index in [1.165, 1.54) is 11.7 Å². The third kappa shape index (κ3) is 1.43. The van der Waals surface area contributed by atoms with Crippen LogP contribution in [0.4, 0.5) is 5.95 Å². The van der Waals surface area contributed by atoms with Crippen molar-refractivity contribution in [1.29, 1.82) is 10.5 Å². The molecule has 0 saturated heterocycles. The fourth-order valence-corrected chi connectivity index (χ4v) is 0.921. The number of aromatic nitrogens is 2. The average Bonchev–Trinajstić information content (AvgIpc) is 2.44. The molecule has 1 rings (SSSR count).